The maximum absolute atomic E-state index is 8.76. The van der Waals surface area contributed by atoms with E-state index in [-0.39, 0.29) is 18.1 Å². The van der Waals surface area contributed by atoms with E-state index in [4.69, 9.17) is 24.5 Å². The minimum absolute atomic E-state index is 0.0327. The molecule has 22 heavy (non-hydrogen) atoms. The Hall–Kier alpha value is -1.63. The minimum Gasteiger partial charge on any atom is -0.355 e. The molecule has 0 amide bonds. The van der Waals surface area contributed by atoms with Crippen LogP contribution in [0.5, 0.6) is 0 Å². The Kier molecular flexibility index (Phi) is 4.61. The molecule has 2 aliphatic heterocycles. The third kappa shape index (κ3) is 2.82. The van der Waals surface area contributed by atoms with Gasteiger partial charge in [0.2, 0.25) is 0 Å². The predicted octanol–water partition coefficient (Wildman–Crippen LogP) is 2.79. The van der Waals surface area contributed by atoms with Crippen LogP contribution in [0.1, 0.15) is 18.8 Å². The lowest BCUT2D eigenvalue weighted by Gasteiger charge is -2.47. The van der Waals surface area contributed by atoms with Gasteiger partial charge >= 0.3 is 0 Å². The van der Waals surface area contributed by atoms with E-state index in [1.807, 2.05) is 37.3 Å². The molecule has 6 atom stereocenters. The number of hydrogen-bond donors (Lipinski definition) is 0. The average Bonchev–Trinajstić information content (AvgIpc) is 2.58. The maximum atomic E-state index is 8.76. The quantitative estimate of drug-likeness (QED) is 0.488. The van der Waals surface area contributed by atoms with Crippen LogP contribution in [-0.4, -0.2) is 38.3 Å². The second-order valence-electron chi connectivity index (χ2n) is 5.51. The van der Waals surface area contributed by atoms with Gasteiger partial charge in [-0.1, -0.05) is 42.4 Å². The first-order chi connectivity index (χ1) is 10.7. The van der Waals surface area contributed by atoms with Gasteiger partial charge in [0.15, 0.2) is 12.6 Å². The summed E-state index contributed by atoms with van der Waals surface area (Å²) < 4.78 is 22.9. The van der Waals surface area contributed by atoms with Gasteiger partial charge < -0.3 is 18.9 Å². The smallest absolute Gasteiger partial charge is 0.184 e. The van der Waals surface area contributed by atoms with Crippen molar-refractivity contribution in [1.29, 1.82) is 0 Å². The Bertz CT molecular complexity index is 549. The van der Waals surface area contributed by atoms with E-state index in [2.05, 4.69) is 10.0 Å². The highest BCUT2D eigenvalue weighted by Crippen LogP contribution is 2.37. The largest absolute Gasteiger partial charge is 0.355 e. The minimum atomic E-state index is -0.576. The fraction of sp³-hybridized carbons (Fsp3) is 0.600. The van der Waals surface area contributed by atoms with E-state index >= 15 is 0 Å². The highest BCUT2D eigenvalue weighted by Gasteiger charge is 2.47. The Balaban J connectivity index is 1.79. The fourth-order valence-electron chi connectivity index (χ4n) is 3.02. The highest BCUT2D eigenvalue weighted by molar-refractivity contribution is 5.16. The summed E-state index contributed by atoms with van der Waals surface area (Å²) in [5.41, 5.74) is 9.72. The zero-order valence-corrected chi connectivity index (χ0v) is 12.5. The highest BCUT2D eigenvalue weighted by atomic mass is 16.7. The van der Waals surface area contributed by atoms with Crippen LogP contribution in [0.15, 0.2) is 35.4 Å². The molecule has 0 aliphatic carbocycles. The lowest BCUT2D eigenvalue weighted by atomic mass is 9.88. The molecule has 6 unspecified atom stereocenters. The van der Waals surface area contributed by atoms with E-state index in [1.165, 1.54) is 7.11 Å². The molecule has 2 heterocycles. The molecule has 0 radical (unpaired) electrons. The summed E-state index contributed by atoms with van der Waals surface area (Å²) in [6.45, 7) is 2.40. The summed E-state index contributed by atoms with van der Waals surface area (Å²) in [6.07, 6.45) is -1.45. The molecule has 2 fully saturated rings. The van der Waals surface area contributed by atoms with Crippen molar-refractivity contribution in [2.45, 2.75) is 37.8 Å². The topological polar surface area (TPSA) is 85.7 Å². The van der Waals surface area contributed by atoms with Gasteiger partial charge in [-0.2, -0.15) is 0 Å². The van der Waals surface area contributed by atoms with Crippen molar-refractivity contribution in [2.24, 2.45) is 11.0 Å². The summed E-state index contributed by atoms with van der Waals surface area (Å²) in [6, 6.07) is 9.33. The zero-order valence-electron chi connectivity index (χ0n) is 12.5. The van der Waals surface area contributed by atoms with Gasteiger partial charge in [-0.25, -0.2) is 0 Å². The Labute approximate surface area is 128 Å². The summed E-state index contributed by atoms with van der Waals surface area (Å²) in [4.78, 5) is 2.90. The Morgan fingerprint density at radius 3 is 2.73 bits per heavy atom. The molecule has 118 valence electrons. The van der Waals surface area contributed by atoms with Crippen molar-refractivity contribution >= 4 is 0 Å². The molecule has 7 heteroatoms. The van der Waals surface area contributed by atoms with Gasteiger partial charge in [-0.05, 0) is 11.4 Å². The normalized spacial score (nSPS) is 37.9. The van der Waals surface area contributed by atoms with E-state index in [0.29, 0.717) is 6.61 Å². The first-order valence-electron chi connectivity index (χ1n) is 7.29. The summed E-state index contributed by atoms with van der Waals surface area (Å²) >= 11 is 0. The first-order valence-corrected chi connectivity index (χ1v) is 7.29. The number of azide groups is 1. The van der Waals surface area contributed by atoms with Crippen molar-refractivity contribution in [2.75, 3.05) is 13.7 Å². The van der Waals surface area contributed by atoms with Crippen LogP contribution >= 0.6 is 0 Å². The van der Waals surface area contributed by atoms with Crippen molar-refractivity contribution < 1.29 is 18.9 Å². The lowest BCUT2D eigenvalue weighted by Crippen LogP contribution is -2.57. The molecule has 1 aromatic rings. The molecule has 0 bridgehead atoms. The van der Waals surface area contributed by atoms with E-state index in [9.17, 15) is 0 Å². The van der Waals surface area contributed by atoms with Crippen LogP contribution in [0.4, 0.5) is 0 Å². The zero-order chi connectivity index (χ0) is 15.5. The van der Waals surface area contributed by atoms with Crippen LogP contribution in [0, 0.1) is 5.92 Å². The summed E-state index contributed by atoms with van der Waals surface area (Å²) in [7, 11) is 1.54. The van der Waals surface area contributed by atoms with Gasteiger partial charge in [0.1, 0.15) is 6.10 Å². The number of hydrogen-bond acceptors (Lipinski definition) is 5. The van der Waals surface area contributed by atoms with Crippen LogP contribution < -0.4 is 0 Å². The molecule has 0 spiro atoms. The molecule has 0 saturated carbocycles. The van der Waals surface area contributed by atoms with Gasteiger partial charge in [0.05, 0.1) is 18.8 Å². The second-order valence-corrected chi connectivity index (χ2v) is 5.51. The van der Waals surface area contributed by atoms with Crippen LogP contribution in [0.25, 0.3) is 10.4 Å². The van der Waals surface area contributed by atoms with Crippen molar-refractivity contribution in [3.05, 3.63) is 46.3 Å². The number of methoxy groups -OCH3 is 1. The Morgan fingerprint density at radius 2 is 2.05 bits per heavy atom. The van der Waals surface area contributed by atoms with E-state index in [0.717, 1.165) is 5.56 Å². The monoisotopic (exact) mass is 305 g/mol. The second kappa shape index (κ2) is 6.64. The van der Waals surface area contributed by atoms with Crippen molar-refractivity contribution in [1.82, 2.24) is 0 Å². The molecule has 3 rings (SSSR count). The van der Waals surface area contributed by atoms with E-state index in [1.54, 1.807) is 0 Å². The Morgan fingerprint density at radius 1 is 1.27 bits per heavy atom. The molecule has 1 aromatic carbocycles. The number of rotatable bonds is 3. The third-order valence-electron chi connectivity index (χ3n) is 4.19. The van der Waals surface area contributed by atoms with Crippen molar-refractivity contribution in [3.8, 4) is 0 Å². The standard InChI is InChI=1S/C15H19N3O4/c1-9-12(17-18-16)15(19-2)21-11-8-20-14(22-13(9)11)10-6-4-3-5-7-10/h3-7,9,11-15H,8H2,1-2H3. The van der Waals surface area contributed by atoms with Gasteiger partial charge in [-0.3, -0.25) is 0 Å². The molecule has 2 aliphatic rings. The molecule has 2 saturated heterocycles. The molecular formula is C15H19N3O4. The molecule has 0 N–H and O–H groups in total. The van der Waals surface area contributed by atoms with Gasteiger partial charge in [0, 0.05) is 17.6 Å². The maximum Gasteiger partial charge on any atom is 0.184 e. The predicted molar refractivity (Wildman–Crippen MR) is 77.8 cm³/mol. The lowest BCUT2D eigenvalue weighted by molar-refractivity contribution is -0.330. The first kappa shape index (κ1) is 15.3. The number of nitrogens with zero attached hydrogens (tertiary/aromatic N) is 3. The van der Waals surface area contributed by atoms with E-state index < -0.39 is 18.6 Å². The number of ether oxygens (including phenoxy) is 4. The van der Waals surface area contributed by atoms with Crippen LogP contribution in [0.3, 0.4) is 0 Å². The number of fused-ring (bicyclic) bond motifs is 1. The number of benzene rings is 1. The molecular weight excluding hydrogens is 286 g/mol. The van der Waals surface area contributed by atoms with Crippen LogP contribution in [-0.2, 0) is 18.9 Å². The molecule has 7 nitrogen and oxygen atoms in total. The summed E-state index contributed by atoms with van der Waals surface area (Å²) in [5.74, 6) is -0.0327. The van der Waals surface area contributed by atoms with Crippen LogP contribution in [0.2, 0.25) is 0 Å². The van der Waals surface area contributed by atoms with Gasteiger partial charge in [0.25, 0.3) is 0 Å². The molecule has 0 aromatic heterocycles. The van der Waals surface area contributed by atoms with Crippen molar-refractivity contribution in [3.63, 3.8) is 0 Å². The fourth-order valence-corrected chi connectivity index (χ4v) is 3.02. The van der Waals surface area contributed by atoms with Gasteiger partial charge in [-0.15, -0.1) is 0 Å². The summed E-state index contributed by atoms with van der Waals surface area (Å²) in [5, 5.41) is 3.82. The average molecular weight is 305 g/mol. The third-order valence-corrected chi connectivity index (χ3v) is 4.19. The SMILES string of the molecule is COC1OC2COC(c3ccccc3)OC2C(C)C1N=[N+]=[N-].